The van der Waals surface area contributed by atoms with Crippen LogP contribution in [-0.4, -0.2) is 24.2 Å². The minimum atomic E-state index is -0.290. The molecule has 6 nitrogen and oxygen atoms in total. The topological polar surface area (TPSA) is 75.3 Å². The Labute approximate surface area is 190 Å². The van der Waals surface area contributed by atoms with E-state index in [0.717, 1.165) is 23.4 Å². The van der Waals surface area contributed by atoms with Crippen molar-refractivity contribution >= 4 is 34.1 Å². The van der Waals surface area contributed by atoms with Crippen molar-refractivity contribution in [3.05, 3.63) is 64.0 Å². The van der Waals surface area contributed by atoms with E-state index in [1.54, 1.807) is 6.07 Å². The third kappa shape index (κ3) is 4.39. The van der Waals surface area contributed by atoms with E-state index in [2.05, 4.69) is 45.2 Å². The van der Waals surface area contributed by atoms with Crippen molar-refractivity contribution in [3.8, 4) is 17.0 Å². The molecular weight excluding hydrogens is 432 g/mol. The molecule has 0 radical (unpaired) electrons. The van der Waals surface area contributed by atoms with Gasteiger partial charge in [-0.3, -0.25) is 5.32 Å². The summed E-state index contributed by atoms with van der Waals surface area (Å²) >= 11 is 7.63. The van der Waals surface area contributed by atoms with Crippen LogP contribution in [-0.2, 0) is 0 Å². The normalized spacial score (nSPS) is 20.0. The first-order valence-corrected chi connectivity index (χ1v) is 11.7. The average Bonchev–Trinajstić information content (AvgIpc) is 3.47. The molecule has 0 bridgehead atoms. The molecule has 0 saturated carbocycles. The number of carbonyl (C=O) groups is 1. The molecule has 3 N–H and O–H groups in total. The summed E-state index contributed by atoms with van der Waals surface area (Å²) in [5.74, 6) is 0.647. The number of carbonyl (C=O) groups excluding carboxylic acids is 1. The van der Waals surface area contributed by atoms with E-state index in [4.69, 9.17) is 16.3 Å². The van der Waals surface area contributed by atoms with Crippen molar-refractivity contribution in [3.63, 3.8) is 0 Å². The van der Waals surface area contributed by atoms with E-state index in [1.165, 1.54) is 29.7 Å². The van der Waals surface area contributed by atoms with Crippen molar-refractivity contribution in [1.82, 2.24) is 15.6 Å². The van der Waals surface area contributed by atoms with Crippen LogP contribution in [0.2, 0.25) is 5.02 Å². The lowest BCUT2D eigenvalue weighted by Gasteiger charge is -2.27. The van der Waals surface area contributed by atoms with E-state index in [-0.39, 0.29) is 12.1 Å². The number of thiazole rings is 1. The van der Waals surface area contributed by atoms with Crippen LogP contribution in [0.1, 0.15) is 42.5 Å². The predicted octanol–water partition coefficient (Wildman–Crippen LogP) is 5.53. The number of ether oxygens (including phenoxy) is 1. The Bertz CT molecular complexity index is 1080. The lowest BCUT2D eigenvalue weighted by molar-refractivity contribution is 0.232. The second kappa shape index (κ2) is 8.86. The highest BCUT2D eigenvalue weighted by Gasteiger charge is 2.25. The maximum atomic E-state index is 12.6. The number of hydrogen-bond acceptors (Lipinski definition) is 5. The van der Waals surface area contributed by atoms with Crippen LogP contribution in [0.5, 0.6) is 5.75 Å². The lowest BCUT2D eigenvalue weighted by Crippen LogP contribution is -2.35. The van der Waals surface area contributed by atoms with E-state index in [9.17, 15) is 4.79 Å². The number of urea groups is 1. The van der Waals surface area contributed by atoms with Crippen LogP contribution in [0.15, 0.2) is 47.8 Å². The number of halogens is 1. The third-order valence-corrected chi connectivity index (χ3v) is 6.78. The first-order chi connectivity index (χ1) is 15.2. The molecule has 3 aromatic rings. The monoisotopic (exact) mass is 454 g/mol. The number of fused-ring (bicyclic) bond motifs is 1. The van der Waals surface area contributed by atoms with Gasteiger partial charge in [0.1, 0.15) is 5.75 Å². The molecule has 1 saturated heterocycles. The summed E-state index contributed by atoms with van der Waals surface area (Å²) in [7, 11) is 0. The number of aromatic nitrogens is 1. The molecule has 5 rings (SSSR count). The molecule has 31 heavy (non-hydrogen) atoms. The molecule has 160 valence electrons. The smallest absolute Gasteiger partial charge is 0.321 e. The van der Waals surface area contributed by atoms with Gasteiger partial charge in [0.2, 0.25) is 0 Å². The molecule has 2 atom stereocenters. The van der Waals surface area contributed by atoms with Crippen molar-refractivity contribution in [2.45, 2.75) is 31.3 Å². The van der Waals surface area contributed by atoms with Crippen LogP contribution >= 0.6 is 22.9 Å². The van der Waals surface area contributed by atoms with Gasteiger partial charge in [-0.05, 0) is 31.0 Å². The van der Waals surface area contributed by atoms with Crippen LogP contribution in [0.25, 0.3) is 11.3 Å². The second-order valence-electron chi connectivity index (χ2n) is 7.76. The summed E-state index contributed by atoms with van der Waals surface area (Å²) in [6.07, 6.45) is 3.09. The standard InChI is InChI=1S/C23H23ClN4O2S/c24-17-4-1-3-16-19(10-12-30-21(16)17)26-22(29)28-23-27-20(13-31-23)15-8-6-14(7-9-15)18-5-2-11-25-18/h1,3-4,6-9,13,18-19,25H,2,5,10-12H2,(H2,26,27,28,29)/t18?,19-/m0/s1. The van der Waals surface area contributed by atoms with Gasteiger partial charge in [-0.25, -0.2) is 9.78 Å². The molecule has 2 aliphatic heterocycles. The Morgan fingerprint density at radius 1 is 1.19 bits per heavy atom. The Balaban J connectivity index is 1.23. The van der Waals surface area contributed by atoms with Gasteiger partial charge in [0.05, 0.1) is 23.4 Å². The largest absolute Gasteiger partial charge is 0.492 e. The van der Waals surface area contributed by atoms with Gasteiger partial charge in [0.25, 0.3) is 0 Å². The fraction of sp³-hybridized carbons (Fsp3) is 0.304. The van der Waals surface area contributed by atoms with E-state index in [0.29, 0.717) is 35.0 Å². The molecular formula is C23H23ClN4O2S. The van der Waals surface area contributed by atoms with Crippen molar-refractivity contribution in [2.75, 3.05) is 18.5 Å². The highest BCUT2D eigenvalue weighted by Crippen LogP contribution is 2.37. The SMILES string of the molecule is O=C(Nc1nc(-c2ccc(C3CCCN3)cc2)cs1)N[C@H]1CCOc2c(Cl)cccc21. The van der Waals surface area contributed by atoms with Crippen molar-refractivity contribution < 1.29 is 9.53 Å². The molecule has 1 unspecified atom stereocenters. The molecule has 3 heterocycles. The quantitative estimate of drug-likeness (QED) is 0.484. The first kappa shape index (κ1) is 20.3. The Kier molecular flexibility index (Phi) is 5.80. The van der Waals surface area contributed by atoms with E-state index < -0.39 is 0 Å². The van der Waals surface area contributed by atoms with Crippen LogP contribution in [0.3, 0.4) is 0 Å². The summed E-state index contributed by atoms with van der Waals surface area (Å²) in [5.41, 5.74) is 4.10. The summed E-state index contributed by atoms with van der Waals surface area (Å²) < 4.78 is 5.66. The molecule has 0 aliphatic carbocycles. The summed E-state index contributed by atoms with van der Waals surface area (Å²) in [6.45, 7) is 1.59. The minimum absolute atomic E-state index is 0.154. The second-order valence-corrected chi connectivity index (χ2v) is 9.02. The Hall–Kier alpha value is -2.61. The van der Waals surface area contributed by atoms with Crippen LogP contribution in [0, 0.1) is 0 Å². The van der Waals surface area contributed by atoms with Gasteiger partial charge in [0, 0.05) is 29.0 Å². The van der Waals surface area contributed by atoms with Gasteiger partial charge in [-0.2, -0.15) is 0 Å². The van der Waals surface area contributed by atoms with Crippen molar-refractivity contribution in [2.24, 2.45) is 0 Å². The number of rotatable bonds is 4. The minimum Gasteiger partial charge on any atom is -0.492 e. The number of para-hydroxylation sites is 1. The first-order valence-electron chi connectivity index (χ1n) is 10.5. The van der Waals surface area contributed by atoms with E-state index >= 15 is 0 Å². The number of hydrogen-bond donors (Lipinski definition) is 3. The fourth-order valence-corrected chi connectivity index (χ4v) is 5.10. The van der Waals surface area contributed by atoms with Crippen LogP contribution < -0.4 is 20.7 Å². The molecule has 0 spiro atoms. The van der Waals surface area contributed by atoms with Gasteiger partial charge in [-0.15, -0.1) is 11.3 Å². The Morgan fingerprint density at radius 3 is 2.87 bits per heavy atom. The maximum Gasteiger partial charge on any atom is 0.321 e. The number of nitrogens with one attached hydrogen (secondary N) is 3. The predicted molar refractivity (Wildman–Crippen MR) is 124 cm³/mol. The number of anilines is 1. The van der Waals surface area contributed by atoms with E-state index in [1.807, 2.05) is 17.5 Å². The summed E-state index contributed by atoms with van der Waals surface area (Å²) in [4.78, 5) is 17.2. The molecule has 2 aliphatic rings. The molecule has 2 aromatic carbocycles. The zero-order chi connectivity index (χ0) is 21.2. The van der Waals surface area contributed by atoms with Crippen LogP contribution in [0.4, 0.5) is 9.93 Å². The third-order valence-electron chi connectivity index (χ3n) is 5.72. The van der Waals surface area contributed by atoms with Gasteiger partial charge in [0.15, 0.2) is 5.13 Å². The van der Waals surface area contributed by atoms with Gasteiger partial charge >= 0.3 is 6.03 Å². The van der Waals surface area contributed by atoms with Gasteiger partial charge in [-0.1, -0.05) is 48.0 Å². The molecule has 1 aromatic heterocycles. The molecule has 2 amide bonds. The van der Waals surface area contributed by atoms with Crippen molar-refractivity contribution in [1.29, 1.82) is 0 Å². The highest BCUT2D eigenvalue weighted by molar-refractivity contribution is 7.14. The van der Waals surface area contributed by atoms with Gasteiger partial charge < -0.3 is 15.4 Å². The number of amides is 2. The highest BCUT2D eigenvalue weighted by atomic mass is 35.5. The zero-order valence-corrected chi connectivity index (χ0v) is 18.4. The Morgan fingerprint density at radius 2 is 2.06 bits per heavy atom. The lowest BCUT2D eigenvalue weighted by atomic mass is 10.0. The zero-order valence-electron chi connectivity index (χ0n) is 16.9. The number of benzene rings is 2. The number of nitrogens with zero attached hydrogens (tertiary/aromatic N) is 1. The average molecular weight is 455 g/mol. The summed E-state index contributed by atoms with van der Waals surface area (Å²) in [6, 6.07) is 14.1. The maximum absolute atomic E-state index is 12.6. The molecule has 8 heteroatoms. The fourth-order valence-electron chi connectivity index (χ4n) is 4.15. The molecule has 1 fully saturated rings. The summed E-state index contributed by atoms with van der Waals surface area (Å²) in [5, 5.41) is 12.5.